The Morgan fingerprint density at radius 2 is 2.25 bits per heavy atom. The predicted molar refractivity (Wildman–Crippen MR) is 33.4 cm³/mol. The highest BCUT2D eigenvalue weighted by Crippen LogP contribution is 2.17. The number of nitrogens with one attached hydrogen (secondary N) is 1. The molecule has 66 valence electrons. The van der Waals surface area contributed by atoms with Crippen molar-refractivity contribution < 1.29 is 18.0 Å². The van der Waals surface area contributed by atoms with Crippen molar-refractivity contribution in [1.82, 2.24) is 10.2 Å². The second-order valence-corrected chi connectivity index (χ2v) is 2.18. The minimum atomic E-state index is -4.76. The molecule has 0 aliphatic heterocycles. The van der Waals surface area contributed by atoms with Gasteiger partial charge in [-0.2, -0.15) is 18.3 Å². The molecule has 12 heavy (non-hydrogen) atoms. The Morgan fingerprint density at radius 1 is 1.58 bits per heavy atom. The highest BCUT2D eigenvalue weighted by atomic mass is 19.4. The van der Waals surface area contributed by atoms with Gasteiger partial charge in [0.15, 0.2) is 0 Å². The van der Waals surface area contributed by atoms with Gasteiger partial charge in [-0.25, -0.2) is 0 Å². The van der Waals surface area contributed by atoms with E-state index in [-0.39, 0.29) is 5.69 Å². The fraction of sp³-hybridized carbons (Fsp3) is 0.333. The molecule has 0 atom stereocenters. The number of rotatable bonds is 2. The van der Waals surface area contributed by atoms with Crippen LogP contribution in [0.25, 0.3) is 0 Å². The van der Waals surface area contributed by atoms with E-state index in [9.17, 15) is 18.0 Å². The average molecular weight is 178 g/mol. The maximum atomic E-state index is 11.7. The Kier molecular flexibility index (Phi) is 2.16. The summed E-state index contributed by atoms with van der Waals surface area (Å²) in [7, 11) is 0. The number of carbonyl (C=O) groups is 1. The SMILES string of the molecule is O=C(Cc1ccn[nH]1)C(F)(F)F. The number of alkyl halides is 3. The summed E-state index contributed by atoms with van der Waals surface area (Å²) in [6.45, 7) is 0. The third-order valence-corrected chi connectivity index (χ3v) is 1.23. The van der Waals surface area contributed by atoms with Gasteiger partial charge in [0.05, 0.1) is 6.42 Å². The molecule has 1 aromatic rings. The van der Waals surface area contributed by atoms with Crippen LogP contribution in [0.1, 0.15) is 5.69 Å². The molecule has 3 nitrogen and oxygen atoms in total. The van der Waals surface area contributed by atoms with Crippen molar-refractivity contribution in [3.05, 3.63) is 18.0 Å². The number of carbonyl (C=O) groups excluding carboxylic acids is 1. The molecule has 0 spiro atoms. The lowest BCUT2D eigenvalue weighted by atomic mass is 10.2. The summed E-state index contributed by atoms with van der Waals surface area (Å²) in [6.07, 6.45) is -4.15. The Morgan fingerprint density at radius 3 is 2.67 bits per heavy atom. The van der Waals surface area contributed by atoms with Crippen LogP contribution in [0, 0.1) is 0 Å². The summed E-state index contributed by atoms with van der Waals surface area (Å²) in [4.78, 5) is 10.4. The smallest absolute Gasteiger partial charge is 0.289 e. The summed E-state index contributed by atoms with van der Waals surface area (Å²) in [5.41, 5.74) is 0.164. The highest BCUT2D eigenvalue weighted by molar-refractivity contribution is 5.85. The number of ketones is 1. The molecule has 0 aliphatic carbocycles. The second kappa shape index (κ2) is 2.96. The molecule has 6 heteroatoms. The molecule has 1 heterocycles. The van der Waals surface area contributed by atoms with E-state index < -0.39 is 18.4 Å². The minimum Gasteiger partial charge on any atom is -0.289 e. The van der Waals surface area contributed by atoms with Gasteiger partial charge in [-0.1, -0.05) is 0 Å². The number of hydrogen-bond donors (Lipinski definition) is 1. The minimum absolute atomic E-state index is 0.164. The van der Waals surface area contributed by atoms with E-state index in [1.165, 1.54) is 12.3 Å². The van der Waals surface area contributed by atoms with Crippen LogP contribution in [-0.2, 0) is 11.2 Å². The summed E-state index contributed by atoms with van der Waals surface area (Å²) in [5, 5.41) is 5.68. The molecular weight excluding hydrogens is 173 g/mol. The number of halogens is 3. The standard InChI is InChI=1S/C6H5F3N2O/c7-6(8,9)5(12)3-4-1-2-10-11-4/h1-2H,3H2,(H,10,11). The first-order valence-electron chi connectivity index (χ1n) is 3.08. The van der Waals surface area contributed by atoms with Gasteiger partial charge in [0.25, 0.3) is 0 Å². The van der Waals surface area contributed by atoms with Crippen LogP contribution < -0.4 is 0 Å². The molecule has 0 fully saturated rings. The first-order valence-corrected chi connectivity index (χ1v) is 3.08. The molecule has 1 aromatic heterocycles. The number of Topliss-reactive ketones (excluding diaryl/α,β-unsaturated/α-hetero) is 1. The van der Waals surface area contributed by atoms with Gasteiger partial charge >= 0.3 is 6.18 Å². The third-order valence-electron chi connectivity index (χ3n) is 1.23. The van der Waals surface area contributed by atoms with E-state index in [1.54, 1.807) is 0 Å². The van der Waals surface area contributed by atoms with Gasteiger partial charge in [0.2, 0.25) is 5.78 Å². The molecule has 0 unspecified atom stereocenters. The molecule has 0 aliphatic rings. The lowest BCUT2D eigenvalue weighted by molar-refractivity contribution is -0.170. The van der Waals surface area contributed by atoms with E-state index in [1.807, 2.05) is 0 Å². The van der Waals surface area contributed by atoms with Crippen LogP contribution >= 0.6 is 0 Å². The number of aromatic amines is 1. The molecule has 1 rings (SSSR count). The van der Waals surface area contributed by atoms with E-state index in [0.29, 0.717) is 0 Å². The molecule has 0 saturated carbocycles. The van der Waals surface area contributed by atoms with Gasteiger partial charge in [-0.15, -0.1) is 0 Å². The van der Waals surface area contributed by atoms with Crippen molar-refractivity contribution in [1.29, 1.82) is 0 Å². The van der Waals surface area contributed by atoms with Crippen molar-refractivity contribution in [2.45, 2.75) is 12.6 Å². The number of nitrogens with zero attached hydrogens (tertiary/aromatic N) is 1. The number of H-pyrrole nitrogens is 1. The first-order chi connectivity index (χ1) is 5.50. The first kappa shape index (κ1) is 8.76. The fourth-order valence-corrected chi connectivity index (χ4v) is 0.656. The number of hydrogen-bond acceptors (Lipinski definition) is 2. The van der Waals surface area contributed by atoms with E-state index in [0.717, 1.165) is 0 Å². The Labute approximate surface area is 65.6 Å². The predicted octanol–water partition coefficient (Wildman–Crippen LogP) is 1.08. The van der Waals surface area contributed by atoms with Crippen molar-refractivity contribution in [2.24, 2.45) is 0 Å². The Bertz CT molecular complexity index is 265. The van der Waals surface area contributed by atoms with E-state index >= 15 is 0 Å². The van der Waals surface area contributed by atoms with Gasteiger partial charge < -0.3 is 0 Å². The highest BCUT2D eigenvalue weighted by Gasteiger charge is 2.37. The van der Waals surface area contributed by atoms with Gasteiger partial charge in [-0.3, -0.25) is 9.89 Å². The van der Waals surface area contributed by atoms with Gasteiger partial charge in [0, 0.05) is 11.9 Å². The normalized spacial score (nSPS) is 11.6. The van der Waals surface area contributed by atoms with Crippen LogP contribution in [-0.4, -0.2) is 22.2 Å². The van der Waals surface area contributed by atoms with Gasteiger partial charge in [-0.05, 0) is 6.07 Å². The molecule has 0 saturated heterocycles. The van der Waals surface area contributed by atoms with E-state index in [2.05, 4.69) is 10.2 Å². The Hall–Kier alpha value is -1.33. The maximum absolute atomic E-state index is 11.7. The van der Waals surface area contributed by atoms with Crippen LogP contribution in [0.5, 0.6) is 0 Å². The van der Waals surface area contributed by atoms with Crippen molar-refractivity contribution in [2.75, 3.05) is 0 Å². The topological polar surface area (TPSA) is 45.8 Å². The van der Waals surface area contributed by atoms with Crippen molar-refractivity contribution in [3.63, 3.8) is 0 Å². The van der Waals surface area contributed by atoms with Crippen molar-refractivity contribution in [3.8, 4) is 0 Å². The molecule has 0 radical (unpaired) electrons. The summed E-state index contributed by atoms with van der Waals surface area (Å²) < 4.78 is 35.0. The molecule has 0 aromatic carbocycles. The zero-order chi connectivity index (χ0) is 9.19. The summed E-state index contributed by atoms with van der Waals surface area (Å²) in [6, 6.07) is 1.32. The summed E-state index contributed by atoms with van der Waals surface area (Å²) >= 11 is 0. The monoisotopic (exact) mass is 178 g/mol. The number of aromatic nitrogens is 2. The van der Waals surface area contributed by atoms with Crippen LogP contribution in [0.15, 0.2) is 12.3 Å². The van der Waals surface area contributed by atoms with E-state index in [4.69, 9.17) is 0 Å². The van der Waals surface area contributed by atoms with Crippen LogP contribution in [0.2, 0.25) is 0 Å². The van der Waals surface area contributed by atoms with Crippen LogP contribution in [0.3, 0.4) is 0 Å². The lowest BCUT2D eigenvalue weighted by Gasteiger charge is -2.02. The zero-order valence-corrected chi connectivity index (χ0v) is 5.85. The molecule has 0 amide bonds. The average Bonchev–Trinajstić information content (AvgIpc) is 2.37. The Balaban J connectivity index is 2.60. The molecule has 1 N–H and O–H groups in total. The van der Waals surface area contributed by atoms with Crippen LogP contribution in [0.4, 0.5) is 13.2 Å². The lowest BCUT2D eigenvalue weighted by Crippen LogP contribution is -2.24. The second-order valence-electron chi connectivity index (χ2n) is 2.18. The quantitative estimate of drug-likeness (QED) is 0.736. The third kappa shape index (κ3) is 2.08. The molecule has 0 bridgehead atoms. The van der Waals surface area contributed by atoms with Gasteiger partial charge in [0.1, 0.15) is 0 Å². The van der Waals surface area contributed by atoms with Crippen molar-refractivity contribution >= 4 is 5.78 Å². The fourth-order valence-electron chi connectivity index (χ4n) is 0.656. The summed E-state index contributed by atoms with van der Waals surface area (Å²) in [5.74, 6) is -1.77. The maximum Gasteiger partial charge on any atom is 0.450 e. The largest absolute Gasteiger partial charge is 0.450 e. The zero-order valence-electron chi connectivity index (χ0n) is 5.85. The molecular formula is C6H5F3N2O.